The van der Waals surface area contributed by atoms with Crippen molar-refractivity contribution < 1.29 is 5.11 Å². The fourth-order valence-corrected chi connectivity index (χ4v) is 2.29. The second-order valence-corrected chi connectivity index (χ2v) is 4.49. The van der Waals surface area contributed by atoms with Crippen molar-refractivity contribution in [3.8, 4) is 0 Å². The molecule has 0 unspecified atom stereocenters. The van der Waals surface area contributed by atoms with E-state index in [1.807, 2.05) is 13.2 Å². The van der Waals surface area contributed by atoms with Crippen LogP contribution in [0.15, 0.2) is 6.20 Å². The van der Waals surface area contributed by atoms with E-state index in [9.17, 15) is 0 Å². The molecule has 0 bridgehead atoms. The van der Waals surface area contributed by atoms with Gasteiger partial charge in [-0.1, -0.05) is 0 Å². The number of rotatable bonds is 3. The Morgan fingerprint density at radius 3 is 2.82 bits per heavy atom. The maximum atomic E-state index is 8.95. The SMILES string of the molecule is Cn1cc(N)c(N2CCCN(CCO)CC2)n1. The molecule has 0 amide bonds. The summed E-state index contributed by atoms with van der Waals surface area (Å²) in [6.07, 6.45) is 2.92. The number of β-amino-alcohol motifs (C(OH)–C–C–N with tert-alkyl or cyclic N) is 1. The van der Waals surface area contributed by atoms with Crippen molar-refractivity contribution in [2.45, 2.75) is 6.42 Å². The van der Waals surface area contributed by atoms with Crippen molar-refractivity contribution in [2.24, 2.45) is 7.05 Å². The Kier molecular flexibility index (Phi) is 3.86. The van der Waals surface area contributed by atoms with Crippen molar-refractivity contribution in [1.82, 2.24) is 14.7 Å². The summed E-state index contributed by atoms with van der Waals surface area (Å²) >= 11 is 0. The Labute approximate surface area is 102 Å². The lowest BCUT2D eigenvalue weighted by molar-refractivity contribution is 0.204. The van der Waals surface area contributed by atoms with Crippen LogP contribution >= 0.6 is 0 Å². The van der Waals surface area contributed by atoms with Gasteiger partial charge in [0.1, 0.15) is 0 Å². The molecule has 1 aliphatic heterocycles. The summed E-state index contributed by atoms with van der Waals surface area (Å²) in [6, 6.07) is 0. The lowest BCUT2D eigenvalue weighted by atomic mass is 10.3. The number of nitrogens with two attached hydrogens (primary N) is 1. The Hall–Kier alpha value is -1.27. The average Bonchev–Trinajstić information content (AvgIpc) is 2.52. The minimum atomic E-state index is 0.228. The minimum absolute atomic E-state index is 0.228. The van der Waals surface area contributed by atoms with Crippen LogP contribution in [0.2, 0.25) is 0 Å². The van der Waals surface area contributed by atoms with E-state index in [0.717, 1.165) is 50.6 Å². The molecule has 0 atom stereocenters. The Balaban J connectivity index is 2.01. The molecule has 1 saturated heterocycles. The number of hydrogen-bond donors (Lipinski definition) is 2. The van der Waals surface area contributed by atoms with Gasteiger partial charge in [0.2, 0.25) is 0 Å². The average molecular weight is 239 g/mol. The van der Waals surface area contributed by atoms with E-state index < -0.39 is 0 Å². The lowest BCUT2D eigenvalue weighted by Crippen LogP contribution is -2.32. The van der Waals surface area contributed by atoms with Crippen LogP contribution in [0.1, 0.15) is 6.42 Å². The van der Waals surface area contributed by atoms with Crippen LogP contribution < -0.4 is 10.6 Å². The third-order valence-corrected chi connectivity index (χ3v) is 3.14. The lowest BCUT2D eigenvalue weighted by Gasteiger charge is -2.21. The highest BCUT2D eigenvalue weighted by atomic mass is 16.3. The maximum absolute atomic E-state index is 8.95. The van der Waals surface area contributed by atoms with Crippen molar-refractivity contribution in [3.63, 3.8) is 0 Å². The highest BCUT2D eigenvalue weighted by Crippen LogP contribution is 2.21. The molecule has 6 heteroatoms. The van der Waals surface area contributed by atoms with E-state index in [-0.39, 0.29) is 6.61 Å². The summed E-state index contributed by atoms with van der Waals surface area (Å²) in [4.78, 5) is 4.51. The second kappa shape index (κ2) is 5.37. The number of anilines is 2. The molecular weight excluding hydrogens is 218 g/mol. The smallest absolute Gasteiger partial charge is 0.173 e. The van der Waals surface area contributed by atoms with Gasteiger partial charge in [0.05, 0.1) is 12.3 Å². The highest BCUT2D eigenvalue weighted by Gasteiger charge is 2.18. The minimum Gasteiger partial charge on any atom is -0.395 e. The van der Waals surface area contributed by atoms with Crippen LogP contribution in [0, 0.1) is 0 Å². The number of nitrogens with zero attached hydrogens (tertiary/aromatic N) is 4. The van der Waals surface area contributed by atoms with Gasteiger partial charge in [-0.05, 0) is 13.0 Å². The van der Waals surface area contributed by atoms with Gasteiger partial charge in [0, 0.05) is 39.4 Å². The van der Waals surface area contributed by atoms with E-state index in [4.69, 9.17) is 10.8 Å². The monoisotopic (exact) mass is 239 g/mol. The molecule has 0 aromatic carbocycles. The third-order valence-electron chi connectivity index (χ3n) is 3.14. The van der Waals surface area contributed by atoms with E-state index >= 15 is 0 Å². The van der Waals surface area contributed by atoms with Gasteiger partial charge >= 0.3 is 0 Å². The first-order chi connectivity index (χ1) is 8.20. The first-order valence-electron chi connectivity index (χ1n) is 6.08. The highest BCUT2D eigenvalue weighted by molar-refractivity contribution is 5.61. The predicted octanol–water partition coefficient (Wildman–Crippen LogP) is -0.493. The van der Waals surface area contributed by atoms with Gasteiger partial charge in [-0.15, -0.1) is 0 Å². The van der Waals surface area contributed by atoms with Crippen molar-refractivity contribution in [3.05, 3.63) is 6.20 Å². The van der Waals surface area contributed by atoms with Crippen LogP contribution in [0.25, 0.3) is 0 Å². The fraction of sp³-hybridized carbons (Fsp3) is 0.727. The number of hydrogen-bond acceptors (Lipinski definition) is 5. The first kappa shape index (κ1) is 12.2. The molecule has 1 aromatic rings. The standard InChI is InChI=1S/C11H21N5O/c1-14-9-10(12)11(13-14)16-4-2-3-15(5-6-16)7-8-17/h9,17H,2-8,12H2,1H3. The molecule has 2 rings (SSSR count). The van der Waals surface area contributed by atoms with Gasteiger partial charge in [-0.25, -0.2) is 0 Å². The number of aliphatic hydroxyl groups excluding tert-OH is 1. The van der Waals surface area contributed by atoms with Crippen molar-refractivity contribution in [2.75, 3.05) is 50.0 Å². The molecule has 1 aromatic heterocycles. The van der Waals surface area contributed by atoms with E-state index in [2.05, 4.69) is 14.9 Å². The third kappa shape index (κ3) is 2.89. The Bertz CT molecular complexity index is 365. The topological polar surface area (TPSA) is 70.5 Å². The molecule has 0 spiro atoms. The number of aliphatic hydroxyl groups is 1. The van der Waals surface area contributed by atoms with Crippen molar-refractivity contribution in [1.29, 1.82) is 0 Å². The molecule has 0 aliphatic carbocycles. The predicted molar refractivity (Wildman–Crippen MR) is 68.0 cm³/mol. The maximum Gasteiger partial charge on any atom is 0.173 e. The summed E-state index contributed by atoms with van der Waals surface area (Å²) in [7, 11) is 1.88. The molecule has 1 aliphatic rings. The number of aromatic nitrogens is 2. The first-order valence-corrected chi connectivity index (χ1v) is 6.08. The zero-order chi connectivity index (χ0) is 12.3. The largest absolute Gasteiger partial charge is 0.395 e. The molecule has 17 heavy (non-hydrogen) atoms. The Morgan fingerprint density at radius 2 is 2.18 bits per heavy atom. The zero-order valence-electron chi connectivity index (χ0n) is 10.3. The van der Waals surface area contributed by atoms with Gasteiger partial charge in [-0.3, -0.25) is 9.58 Å². The Morgan fingerprint density at radius 1 is 1.35 bits per heavy atom. The fourth-order valence-electron chi connectivity index (χ4n) is 2.29. The summed E-state index contributed by atoms with van der Waals surface area (Å²) in [5.41, 5.74) is 6.68. The summed E-state index contributed by atoms with van der Waals surface area (Å²) in [5, 5.41) is 13.3. The van der Waals surface area contributed by atoms with E-state index in [0.29, 0.717) is 0 Å². The quantitative estimate of drug-likeness (QED) is 0.744. The summed E-state index contributed by atoms with van der Waals surface area (Å²) < 4.78 is 1.75. The van der Waals surface area contributed by atoms with Gasteiger partial charge in [0.25, 0.3) is 0 Å². The van der Waals surface area contributed by atoms with Crippen LogP contribution in [-0.2, 0) is 7.05 Å². The van der Waals surface area contributed by atoms with Crippen LogP contribution in [-0.4, -0.2) is 59.1 Å². The number of nitrogen functional groups attached to an aromatic ring is 1. The molecule has 6 nitrogen and oxygen atoms in total. The molecule has 1 fully saturated rings. The van der Waals surface area contributed by atoms with E-state index in [1.54, 1.807) is 4.68 Å². The summed E-state index contributed by atoms with van der Waals surface area (Å²) in [5.74, 6) is 0.887. The summed E-state index contributed by atoms with van der Waals surface area (Å²) in [6.45, 7) is 4.86. The molecule has 0 saturated carbocycles. The van der Waals surface area contributed by atoms with Gasteiger partial charge < -0.3 is 15.7 Å². The van der Waals surface area contributed by atoms with E-state index in [1.165, 1.54) is 0 Å². The number of aryl methyl sites for hydroxylation is 1. The molecule has 96 valence electrons. The zero-order valence-corrected chi connectivity index (χ0v) is 10.3. The van der Waals surface area contributed by atoms with Gasteiger partial charge in [0.15, 0.2) is 5.82 Å². The molecular formula is C11H21N5O. The van der Waals surface area contributed by atoms with Gasteiger partial charge in [-0.2, -0.15) is 5.10 Å². The second-order valence-electron chi connectivity index (χ2n) is 4.49. The molecule has 2 heterocycles. The van der Waals surface area contributed by atoms with Crippen LogP contribution in [0.5, 0.6) is 0 Å². The van der Waals surface area contributed by atoms with Crippen molar-refractivity contribution >= 4 is 11.5 Å². The van der Waals surface area contributed by atoms with Crippen LogP contribution in [0.4, 0.5) is 11.5 Å². The molecule has 3 N–H and O–H groups in total. The molecule has 0 radical (unpaired) electrons. The normalized spacial score (nSPS) is 18.4. The van der Waals surface area contributed by atoms with Crippen LogP contribution in [0.3, 0.4) is 0 Å².